The predicted octanol–water partition coefficient (Wildman–Crippen LogP) is 3.75. The van der Waals surface area contributed by atoms with Crippen LogP contribution in [0.1, 0.15) is 33.5 Å². The first kappa shape index (κ1) is 15.2. The highest BCUT2D eigenvalue weighted by Crippen LogP contribution is 2.18. The zero-order chi connectivity index (χ0) is 16.6. The third kappa shape index (κ3) is 2.96. The number of pyridine rings is 1. The van der Waals surface area contributed by atoms with Crippen LogP contribution in [0.3, 0.4) is 0 Å². The summed E-state index contributed by atoms with van der Waals surface area (Å²) in [7, 11) is 0. The molecule has 2 heterocycles. The number of halogens is 1. The fourth-order valence-corrected chi connectivity index (χ4v) is 2.55. The maximum absolute atomic E-state index is 12.6. The van der Waals surface area contributed by atoms with E-state index in [-0.39, 0.29) is 11.7 Å². The molecule has 0 saturated heterocycles. The Bertz CT molecular complexity index is 913. The number of aromatic nitrogens is 2. The number of hydrogen-bond acceptors (Lipinski definition) is 3. The third-order valence-corrected chi connectivity index (χ3v) is 3.74. The molecule has 0 aliphatic carbocycles. The van der Waals surface area contributed by atoms with Crippen molar-refractivity contribution in [3.63, 3.8) is 0 Å². The van der Waals surface area contributed by atoms with Gasteiger partial charge in [-0.3, -0.25) is 14.0 Å². The predicted molar refractivity (Wildman–Crippen MR) is 89.3 cm³/mol. The number of carbonyl (C=O) groups is 2. The standard InChI is InChI=1S/C17H14ClN3O2/c1-10-16(21-9-13(18)5-8-15(21)19-10)17(23)20-14-6-3-12(4-7-14)11(2)22/h3-9H,1-2H3,(H,20,23). The Labute approximate surface area is 137 Å². The van der Waals surface area contributed by atoms with Crippen LogP contribution >= 0.6 is 11.6 Å². The molecule has 6 heteroatoms. The molecule has 0 atom stereocenters. The number of imidazole rings is 1. The number of aryl methyl sites for hydroxylation is 1. The van der Waals surface area contributed by atoms with E-state index in [2.05, 4.69) is 10.3 Å². The summed E-state index contributed by atoms with van der Waals surface area (Å²) < 4.78 is 1.66. The van der Waals surface area contributed by atoms with Crippen LogP contribution in [0.15, 0.2) is 42.6 Å². The van der Waals surface area contributed by atoms with E-state index in [1.807, 2.05) is 0 Å². The maximum Gasteiger partial charge on any atom is 0.274 e. The third-order valence-electron chi connectivity index (χ3n) is 3.52. The van der Waals surface area contributed by atoms with Crippen molar-refractivity contribution >= 4 is 34.6 Å². The Balaban J connectivity index is 1.93. The van der Waals surface area contributed by atoms with Gasteiger partial charge in [-0.25, -0.2) is 4.98 Å². The minimum absolute atomic E-state index is 0.0184. The number of Topliss-reactive ketones (excluding diaryl/α,β-unsaturated/α-hetero) is 1. The van der Waals surface area contributed by atoms with Gasteiger partial charge in [0.25, 0.3) is 5.91 Å². The van der Waals surface area contributed by atoms with Crippen LogP contribution in [0.4, 0.5) is 5.69 Å². The lowest BCUT2D eigenvalue weighted by Crippen LogP contribution is -2.15. The average Bonchev–Trinajstić information content (AvgIpc) is 2.83. The van der Waals surface area contributed by atoms with Crippen molar-refractivity contribution in [1.82, 2.24) is 9.38 Å². The summed E-state index contributed by atoms with van der Waals surface area (Å²) in [5, 5.41) is 3.33. The first-order valence-electron chi connectivity index (χ1n) is 7.02. The summed E-state index contributed by atoms with van der Waals surface area (Å²) >= 11 is 6.00. The van der Waals surface area contributed by atoms with Crippen molar-refractivity contribution in [1.29, 1.82) is 0 Å². The Morgan fingerprint density at radius 3 is 2.48 bits per heavy atom. The summed E-state index contributed by atoms with van der Waals surface area (Å²) in [5.41, 5.74) is 2.91. The molecule has 1 N–H and O–H groups in total. The van der Waals surface area contributed by atoms with Crippen LogP contribution in [0.5, 0.6) is 0 Å². The second-order valence-electron chi connectivity index (χ2n) is 5.21. The van der Waals surface area contributed by atoms with Gasteiger partial charge in [-0.05, 0) is 50.2 Å². The van der Waals surface area contributed by atoms with Crippen molar-refractivity contribution in [2.45, 2.75) is 13.8 Å². The number of anilines is 1. The molecule has 3 rings (SSSR count). The minimum Gasteiger partial charge on any atom is -0.321 e. The largest absolute Gasteiger partial charge is 0.321 e. The number of amides is 1. The van der Waals surface area contributed by atoms with Gasteiger partial charge in [0.05, 0.1) is 10.7 Å². The molecular weight excluding hydrogens is 314 g/mol. The van der Waals surface area contributed by atoms with Crippen LogP contribution in [0, 0.1) is 6.92 Å². The van der Waals surface area contributed by atoms with Crippen LogP contribution in [0.2, 0.25) is 5.02 Å². The Morgan fingerprint density at radius 1 is 1.13 bits per heavy atom. The van der Waals surface area contributed by atoms with E-state index in [1.54, 1.807) is 53.9 Å². The Hall–Kier alpha value is -2.66. The SMILES string of the molecule is CC(=O)c1ccc(NC(=O)c2c(C)nc3ccc(Cl)cn23)cc1. The fourth-order valence-electron chi connectivity index (χ4n) is 2.39. The molecule has 1 aromatic carbocycles. The summed E-state index contributed by atoms with van der Waals surface area (Å²) in [5.74, 6) is -0.303. The van der Waals surface area contributed by atoms with Gasteiger partial charge in [0.2, 0.25) is 0 Å². The number of carbonyl (C=O) groups excluding carboxylic acids is 2. The number of nitrogens with zero attached hydrogens (tertiary/aromatic N) is 2. The first-order chi connectivity index (χ1) is 11.0. The highest BCUT2D eigenvalue weighted by molar-refractivity contribution is 6.30. The van der Waals surface area contributed by atoms with Crippen molar-refractivity contribution in [3.8, 4) is 0 Å². The monoisotopic (exact) mass is 327 g/mol. The van der Waals surface area contributed by atoms with E-state index >= 15 is 0 Å². The second kappa shape index (κ2) is 5.85. The van der Waals surface area contributed by atoms with Gasteiger partial charge in [-0.15, -0.1) is 0 Å². The normalized spacial score (nSPS) is 10.7. The average molecular weight is 328 g/mol. The van der Waals surface area contributed by atoms with Gasteiger partial charge in [0, 0.05) is 17.4 Å². The molecule has 116 valence electrons. The molecular formula is C17H14ClN3O2. The van der Waals surface area contributed by atoms with Crippen LogP contribution in [0.25, 0.3) is 5.65 Å². The lowest BCUT2D eigenvalue weighted by atomic mass is 10.1. The molecule has 0 saturated carbocycles. The zero-order valence-corrected chi connectivity index (χ0v) is 13.4. The Kier molecular flexibility index (Phi) is 3.88. The molecule has 5 nitrogen and oxygen atoms in total. The van der Waals surface area contributed by atoms with E-state index in [9.17, 15) is 9.59 Å². The van der Waals surface area contributed by atoms with Crippen molar-refractivity contribution in [2.24, 2.45) is 0 Å². The lowest BCUT2D eigenvalue weighted by molar-refractivity contribution is 0.101. The summed E-state index contributed by atoms with van der Waals surface area (Å²) in [6.07, 6.45) is 1.66. The van der Waals surface area contributed by atoms with Crippen LogP contribution in [-0.2, 0) is 0 Å². The van der Waals surface area contributed by atoms with E-state index in [1.165, 1.54) is 6.92 Å². The number of ketones is 1. The van der Waals surface area contributed by atoms with E-state index in [4.69, 9.17) is 11.6 Å². The van der Waals surface area contributed by atoms with Crippen LogP contribution in [-0.4, -0.2) is 21.1 Å². The molecule has 1 amide bonds. The van der Waals surface area contributed by atoms with Crippen molar-refractivity contribution in [3.05, 3.63) is 64.6 Å². The van der Waals surface area contributed by atoms with Gasteiger partial charge in [0.15, 0.2) is 5.78 Å². The van der Waals surface area contributed by atoms with Crippen molar-refractivity contribution < 1.29 is 9.59 Å². The quantitative estimate of drug-likeness (QED) is 0.745. The molecule has 0 bridgehead atoms. The van der Waals surface area contributed by atoms with Gasteiger partial charge in [-0.2, -0.15) is 0 Å². The number of fused-ring (bicyclic) bond motifs is 1. The van der Waals surface area contributed by atoms with Gasteiger partial charge < -0.3 is 5.32 Å². The molecule has 23 heavy (non-hydrogen) atoms. The molecule has 0 aliphatic rings. The van der Waals surface area contributed by atoms with Gasteiger partial charge in [-0.1, -0.05) is 11.6 Å². The topological polar surface area (TPSA) is 63.5 Å². The summed E-state index contributed by atoms with van der Waals surface area (Å²) in [6.45, 7) is 3.27. The maximum atomic E-state index is 12.6. The number of benzene rings is 1. The molecule has 0 fully saturated rings. The fraction of sp³-hybridized carbons (Fsp3) is 0.118. The van der Waals surface area contributed by atoms with E-state index < -0.39 is 0 Å². The van der Waals surface area contributed by atoms with E-state index in [0.29, 0.717) is 33.3 Å². The molecule has 0 unspecified atom stereocenters. The summed E-state index contributed by atoms with van der Waals surface area (Å²) in [6, 6.07) is 10.2. The summed E-state index contributed by atoms with van der Waals surface area (Å²) in [4.78, 5) is 28.2. The van der Waals surface area contributed by atoms with Gasteiger partial charge in [0.1, 0.15) is 11.3 Å². The minimum atomic E-state index is -0.284. The molecule has 2 aromatic heterocycles. The number of nitrogens with one attached hydrogen (secondary N) is 1. The Morgan fingerprint density at radius 2 is 1.83 bits per heavy atom. The number of hydrogen-bond donors (Lipinski definition) is 1. The highest BCUT2D eigenvalue weighted by atomic mass is 35.5. The smallest absolute Gasteiger partial charge is 0.274 e. The van der Waals surface area contributed by atoms with Crippen LogP contribution < -0.4 is 5.32 Å². The van der Waals surface area contributed by atoms with Gasteiger partial charge >= 0.3 is 0 Å². The van der Waals surface area contributed by atoms with Crippen molar-refractivity contribution in [2.75, 3.05) is 5.32 Å². The second-order valence-corrected chi connectivity index (χ2v) is 5.65. The van der Waals surface area contributed by atoms with E-state index in [0.717, 1.165) is 0 Å². The molecule has 3 aromatic rings. The molecule has 0 spiro atoms. The highest BCUT2D eigenvalue weighted by Gasteiger charge is 2.17. The zero-order valence-electron chi connectivity index (χ0n) is 12.6. The molecule has 0 aliphatic heterocycles. The lowest BCUT2D eigenvalue weighted by Gasteiger charge is -2.07. The molecule has 0 radical (unpaired) electrons. The number of rotatable bonds is 3. The first-order valence-corrected chi connectivity index (χ1v) is 7.40.